The second kappa shape index (κ2) is 4.16. The summed E-state index contributed by atoms with van der Waals surface area (Å²) in [5, 5.41) is 1.24. The maximum atomic E-state index is 4.68. The topological polar surface area (TPSA) is 15.6 Å². The van der Waals surface area contributed by atoms with Crippen LogP contribution in [0.4, 0.5) is 0 Å². The highest BCUT2D eigenvalue weighted by molar-refractivity contribution is 8.17. The Labute approximate surface area is 112 Å². The lowest BCUT2D eigenvalue weighted by Gasteiger charge is -2.26. The molecule has 3 aliphatic rings. The number of benzene rings is 1. The normalized spacial score (nSPS) is 22.0. The Morgan fingerprint density at radius 1 is 1.11 bits per heavy atom. The van der Waals surface area contributed by atoms with E-state index < -0.39 is 0 Å². The molecule has 4 rings (SSSR count). The summed E-state index contributed by atoms with van der Waals surface area (Å²) in [5.74, 6) is 0. The zero-order chi connectivity index (χ0) is 11.9. The van der Waals surface area contributed by atoms with Crippen molar-refractivity contribution in [2.24, 2.45) is 4.99 Å². The number of hydrogen-bond donors (Lipinski definition) is 0. The number of hydrogen-bond acceptors (Lipinski definition) is 3. The molecule has 0 saturated carbocycles. The number of nitrogens with zero attached hydrogens (tertiary/aromatic N) is 2. The average molecular weight is 256 g/mol. The van der Waals surface area contributed by atoms with Gasteiger partial charge in [-0.3, -0.25) is 4.99 Å². The van der Waals surface area contributed by atoms with Crippen molar-refractivity contribution in [3.8, 4) is 0 Å². The quantitative estimate of drug-likeness (QED) is 0.706. The van der Waals surface area contributed by atoms with Crippen LogP contribution in [0.5, 0.6) is 0 Å². The lowest BCUT2D eigenvalue weighted by atomic mass is 10.0. The number of aryl methyl sites for hydroxylation is 1. The van der Waals surface area contributed by atoms with E-state index in [0.717, 1.165) is 13.1 Å². The minimum absolute atomic E-state index is 1.00. The predicted molar refractivity (Wildman–Crippen MR) is 77.5 cm³/mol. The highest BCUT2D eigenvalue weighted by Gasteiger charge is 2.33. The van der Waals surface area contributed by atoms with Gasteiger partial charge in [0.2, 0.25) is 0 Å². The van der Waals surface area contributed by atoms with Crippen LogP contribution < -0.4 is 0 Å². The molecule has 92 valence electrons. The van der Waals surface area contributed by atoms with Gasteiger partial charge < -0.3 is 4.90 Å². The van der Waals surface area contributed by atoms with Gasteiger partial charge >= 0.3 is 0 Å². The van der Waals surface area contributed by atoms with Crippen molar-refractivity contribution < 1.29 is 0 Å². The maximum Gasteiger partial charge on any atom is 0.168 e. The SMILES string of the molecule is c1ccc2c(c1)CCCC1=C2N2CCCN=C2S1. The molecular formula is C15H16N2S. The average Bonchev–Trinajstić information content (AvgIpc) is 2.68. The van der Waals surface area contributed by atoms with E-state index in [-0.39, 0.29) is 0 Å². The van der Waals surface area contributed by atoms with Crippen molar-refractivity contribution in [3.63, 3.8) is 0 Å². The number of rotatable bonds is 0. The summed E-state index contributed by atoms with van der Waals surface area (Å²) in [7, 11) is 0. The van der Waals surface area contributed by atoms with Crippen LogP contribution in [0.1, 0.15) is 30.4 Å². The van der Waals surface area contributed by atoms with Gasteiger partial charge in [-0.15, -0.1) is 0 Å². The third-order valence-corrected chi connectivity index (χ3v) is 5.06. The molecule has 0 atom stereocenters. The van der Waals surface area contributed by atoms with E-state index in [0.29, 0.717) is 0 Å². The van der Waals surface area contributed by atoms with Crippen molar-refractivity contribution >= 4 is 22.6 Å². The van der Waals surface area contributed by atoms with Gasteiger partial charge in [-0.1, -0.05) is 36.0 Å². The summed E-state index contributed by atoms with van der Waals surface area (Å²) < 4.78 is 0. The van der Waals surface area contributed by atoms with E-state index in [4.69, 9.17) is 0 Å². The number of fused-ring (bicyclic) bond motifs is 4. The fourth-order valence-electron chi connectivity index (χ4n) is 3.06. The summed E-state index contributed by atoms with van der Waals surface area (Å²) in [5.41, 5.74) is 4.42. The second-order valence-corrected chi connectivity index (χ2v) is 6.12. The van der Waals surface area contributed by atoms with Crippen molar-refractivity contribution in [3.05, 3.63) is 40.3 Å². The molecule has 0 amide bonds. The molecule has 0 fully saturated rings. The first-order chi connectivity index (χ1) is 8.93. The monoisotopic (exact) mass is 256 g/mol. The van der Waals surface area contributed by atoms with Crippen molar-refractivity contribution in [1.82, 2.24) is 4.90 Å². The molecule has 0 saturated heterocycles. The van der Waals surface area contributed by atoms with Gasteiger partial charge in [-0.25, -0.2) is 0 Å². The van der Waals surface area contributed by atoms with Crippen LogP contribution in [0.25, 0.3) is 5.70 Å². The van der Waals surface area contributed by atoms with Crippen LogP contribution in [-0.4, -0.2) is 23.2 Å². The summed E-state index contributed by atoms with van der Waals surface area (Å²) in [4.78, 5) is 8.68. The van der Waals surface area contributed by atoms with Gasteiger partial charge in [0.1, 0.15) is 0 Å². The molecular weight excluding hydrogens is 240 g/mol. The van der Waals surface area contributed by atoms with Crippen molar-refractivity contribution in [1.29, 1.82) is 0 Å². The molecule has 1 aromatic carbocycles. The number of aliphatic imine (C=N–C) groups is 1. The lowest BCUT2D eigenvalue weighted by Crippen LogP contribution is -2.29. The minimum atomic E-state index is 1.00. The molecule has 2 nitrogen and oxygen atoms in total. The van der Waals surface area contributed by atoms with Gasteiger partial charge in [-0.2, -0.15) is 0 Å². The van der Waals surface area contributed by atoms with Crippen LogP contribution in [0.15, 0.2) is 34.2 Å². The first-order valence-corrected chi connectivity index (χ1v) is 7.56. The number of amidine groups is 1. The van der Waals surface area contributed by atoms with Crippen LogP contribution in [0.2, 0.25) is 0 Å². The summed E-state index contributed by atoms with van der Waals surface area (Å²) >= 11 is 1.91. The summed E-state index contributed by atoms with van der Waals surface area (Å²) in [6, 6.07) is 8.90. The maximum absolute atomic E-state index is 4.68. The molecule has 0 radical (unpaired) electrons. The van der Waals surface area contributed by atoms with Crippen LogP contribution >= 0.6 is 11.8 Å². The van der Waals surface area contributed by atoms with E-state index in [1.54, 1.807) is 4.91 Å². The van der Waals surface area contributed by atoms with Crippen molar-refractivity contribution in [2.75, 3.05) is 13.1 Å². The van der Waals surface area contributed by atoms with E-state index in [1.807, 2.05) is 11.8 Å². The first kappa shape index (κ1) is 10.7. The van der Waals surface area contributed by atoms with Crippen LogP contribution in [0.3, 0.4) is 0 Å². The molecule has 0 bridgehead atoms. The Hall–Kier alpha value is -1.22. The first-order valence-electron chi connectivity index (χ1n) is 6.75. The third kappa shape index (κ3) is 1.53. The number of thioether (sulfide) groups is 1. The molecule has 0 aromatic heterocycles. The highest BCUT2D eigenvalue weighted by atomic mass is 32.2. The van der Waals surface area contributed by atoms with E-state index in [2.05, 4.69) is 34.2 Å². The van der Waals surface area contributed by atoms with Gasteiger partial charge in [0, 0.05) is 23.6 Å². The van der Waals surface area contributed by atoms with Gasteiger partial charge in [0.05, 0.1) is 5.70 Å². The van der Waals surface area contributed by atoms with Gasteiger partial charge in [0.25, 0.3) is 0 Å². The zero-order valence-electron chi connectivity index (χ0n) is 10.4. The fourth-order valence-corrected chi connectivity index (χ4v) is 4.29. The largest absolute Gasteiger partial charge is 0.320 e. The Balaban J connectivity index is 1.88. The molecule has 1 aliphatic carbocycles. The Morgan fingerprint density at radius 2 is 2.06 bits per heavy atom. The zero-order valence-corrected chi connectivity index (χ0v) is 11.2. The molecule has 2 aliphatic heterocycles. The molecule has 2 heterocycles. The lowest BCUT2D eigenvalue weighted by molar-refractivity contribution is 0.540. The minimum Gasteiger partial charge on any atom is -0.320 e. The third-order valence-electron chi connectivity index (χ3n) is 3.89. The molecule has 0 unspecified atom stereocenters. The fraction of sp³-hybridized carbons (Fsp3) is 0.400. The van der Waals surface area contributed by atoms with Crippen LogP contribution in [0, 0.1) is 0 Å². The molecule has 1 aromatic rings. The summed E-state index contributed by atoms with van der Waals surface area (Å²) in [6.45, 7) is 2.14. The summed E-state index contributed by atoms with van der Waals surface area (Å²) in [6.07, 6.45) is 4.88. The predicted octanol–water partition coefficient (Wildman–Crippen LogP) is 3.50. The van der Waals surface area contributed by atoms with E-state index in [9.17, 15) is 0 Å². The molecule has 18 heavy (non-hydrogen) atoms. The molecule has 0 N–H and O–H groups in total. The molecule has 3 heteroatoms. The Bertz CT molecular complexity index is 559. The van der Waals surface area contributed by atoms with E-state index >= 15 is 0 Å². The van der Waals surface area contributed by atoms with Gasteiger partial charge in [0.15, 0.2) is 5.17 Å². The molecule has 0 spiro atoms. The number of allylic oxidation sites excluding steroid dienone is 1. The van der Waals surface area contributed by atoms with Crippen molar-refractivity contribution in [2.45, 2.75) is 25.7 Å². The smallest absolute Gasteiger partial charge is 0.168 e. The highest BCUT2D eigenvalue weighted by Crippen LogP contribution is 2.45. The van der Waals surface area contributed by atoms with Crippen LogP contribution in [-0.2, 0) is 6.42 Å². The Kier molecular flexibility index (Phi) is 2.47. The van der Waals surface area contributed by atoms with E-state index in [1.165, 1.54) is 47.7 Å². The second-order valence-electron chi connectivity index (χ2n) is 5.05. The standard InChI is InChI=1S/C15H16N2S/c1-2-7-12-11(5-1)6-3-8-13-14(12)17-10-4-9-16-15(17)18-13/h1-2,5,7H,3-4,6,8-10H2. The van der Waals surface area contributed by atoms with Gasteiger partial charge in [-0.05, 0) is 31.2 Å². The Morgan fingerprint density at radius 3 is 3.06 bits per heavy atom.